The topological polar surface area (TPSA) is 55.8 Å². The average Bonchev–Trinajstić information content (AvgIpc) is 2.74. The number of amides is 1. The Morgan fingerprint density at radius 3 is 2.73 bits per heavy atom. The quantitative estimate of drug-likeness (QED) is 0.469. The molecule has 0 aromatic heterocycles. The second-order valence-corrected chi connectivity index (χ2v) is 7.47. The zero-order chi connectivity index (χ0) is 21.7. The SMILES string of the molecule is C=CCOC(=O)C1=C(C)N(Cc2cccc(Cl)c2)C(=O)CC1c1cccc(OC)c1. The molecule has 0 aliphatic carbocycles. The summed E-state index contributed by atoms with van der Waals surface area (Å²) < 4.78 is 10.7. The summed E-state index contributed by atoms with van der Waals surface area (Å²) in [6.07, 6.45) is 1.68. The van der Waals surface area contributed by atoms with Crippen LogP contribution in [-0.4, -0.2) is 30.5 Å². The molecule has 0 N–H and O–H groups in total. The number of benzene rings is 2. The van der Waals surface area contributed by atoms with Crippen LogP contribution in [-0.2, 0) is 20.9 Å². The van der Waals surface area contributed by atoms with Crippen molar-refractivity contribution in [2.75, 3.05) is 13.7 Å². The number of hydrogen-bond donors (Lipinski definition) is 0. The third-order valence-electron chi connectivity index (χ3n) is 5.10. The highest BCUT2D eigenvalue weighted by molar-refractivity contribution is 6.30. The van der Waals surface area contributed by atoms with Crippen molar-refractivity contribution in [2.45, 2.75) is 25.8 Å². The zero-order valence-electron chi connectivity index (χ0n) is 17.1. The molecule has 6 heteroatoms. The first-order chi connectivity index (χ1) is 14.4. The number of ether oxygens (including phenoxy) is 2. The van der Waals surface area contributed by atoms with E-state index in [1.165, 1.54) is 6.08 Å². The number of halogens is 1. The van der Waals surface area contributed by atoms with Crippen LogP contribution >= 0.6 is 11.6 Å². The zero-order valence-corrected chi connectivity index (χ0v) is 17.8. The van der Waals surface area contributed by atoms with Gasteiger partial charge < -0.3 is 14.4 Å². The van der Waals surface area contributed by atoms with E-state index in [1.54, 1.807) is 25.0 Å². The minimum Gasteiger partial charge on any atom is -0.497 e. The first-order valence-corrected chi connectivity index (χ1v) is 10.00. The van der Waals surface area contributed by atoms with Crippen LogP contribution < -0.4 is 4.74 Å². The molecule has 5 nitrogen and oxygen atoms in total. The normalized spacial score (nSPS) is 16.4. The molecule has 2 aromatic rings. The minimum atomic E-state index is -0.455. The Balaban J connectivity index is 2.03. The highest BCUT2D eigenvalue weighted by Gasteiger charge is 2.37. The Hall–Kier alpha value is -3.05. The summed E-state index contributed by atoms with van der Waals surface area (Å²) in [4.78, 5) is 27.6. The summed E-state index contributed by atoms with van der Waals surface area (Å²) in [6.45, 7) is 5.81. The number of allylic oxidation sites excluding steroid dienone is 1. The van der Waals surface area contributed by atoms with Gasteiger partial charge in [-0.05, 0) is 42.3 Å². The highest BCUT2D eigenvalue weighted by Crippen LogP contribution is 2.38. The van der Waals surface area contributed by atoms with Gasteiger partial charge in [-0.25, -0.2) is 4.79 Å². The fourth-order valence-electron chi connectivity index (χ4n) is 3.64. The standard InChI is InChI=1S/C24H24ClNO4/c1-4-11-30-24(28)23-16(2)26(15-17-7-5-9-19(25)12-17)22(27)14-21(23)18-8-6-10-20(13-18)29-3/h4-10,12-13,21H,1,11,14-15H2,2-3H3. The molecule has 1 amide bonds. The van der Waals surface area contributed by atoms with E-state index in [1.807, 2.05) is 42.5 Å². The van der Waals surface area contributed by atoms with Gasteiger partial charge >= 0.3 is 5.97 Å². The van der Waals surface area contributed by atoms with Crippen LogP contribution in [0.5, 0.6) is 5.75 Å². The first-order valence-electron chi connectivity index (χ1n) is 9.62. The van der Waals surface area contributed by atoms with E-state index in [9.17, 15) is 9.59 Å². The van der Waals surface area contributed by atoms with Crippen LogP contribution in [0.3, 0.4) is 0 Å². The number of carbonyl (C=O) groups is 2. The van der Waals surface area contributed by atoms with E-state index in [2.05, 4.69) is 6.58 Å². The second-order valence-electron chi connectivity index (χ2n) is 7.03. The van der Waals surface area contributed by atoms with Crippen molar-refractivity contribution in [3.63, 3.8) is 0 Å². The molecule has 1 atom stereocenters. The monoisotopic (exact) mass is 425 g/mol. The molecule has 0 spiro atoms. The maximum Gasteiger partial charge on any atom is 0.336 e. The van der Waals surface area contributed by atoms with Crippen LogP contribution in [0.25, 0.3) is 0 Å². The minimum absolute atomic E-state index is 0.0689. The van der Waals surface area contributed by atoms with Crippen LogP contribution in [0, 0.1) is 0 Å². The number of rotatable bonds is 7. The lowest BCUT2D eigenvalue weighted by atomic mass is 9.83. The Labute approximate surface area is 181 Å². The van der Waals surface area contributed by atoms with Crippen molar-refractivity contribution in [1.29, 1.82) is 0 Å². The molecular formula is C24H24ClNO4. The van der Waals surface area contributed by atoms with Gasteiger partial charge in [-0.1, -0.05) is 48.5 Å². The average molecular weight is 426 g/mol. The van der Waals surface area contributed by atoms with Gasteiger partial charge in [-0.3, -0.25) is 4.79 Å². The van der Waals surface area contributed by atoms with E-state index in [0.717, 1.165) is 11.1 Å². The highest BCUT2D eigenvalue weighted by atomic mass is 35.5. The summed E-state index contributed by atoms with van der Waals surface area (Å²) in [5, 5.41) is 0.596. The molecule has 0 saturated heterocycles. The first kappa shape index (κ1) is 21.7. The number of methoxy groups -OCH3 is 1. The Morgan fingerprint density at radius 1 is 1.27 bits per heavy atom. The van der Waals surface area contributed by atoms with E-state index < -0.39 is 11.9 Å². The molecule has 0 radical (unpaired) electrons. The molecule has 1 unspecified atom stereocenters. The predicted octanol–water partition coefficient (Wildman–Crippen LogP) is 4.87. The summed E-state index contributed by atoms with van der Waals surface area (Å²) in [7, 11) is 1.58. The van der Waals surface area contributed by atoms with Crippen LogP contribution in [0.2, 0.25) is 5.02 Å². The fourth-order valence-corrected chi connectivity index (χ4v) is 3.85. The summed E-state index contributed by atoms with van der Waals surface area (Å²) >= 11 is 6.09. The molecule has 1 aliphatic heterocycles. The van der Waals surface area contributed by atoms with Crippen LogP contribution in [0.4, 0.5) is 0 Å². The smallest absolute Gasteiger partial charge is 0.336 e. The van der Waals surface area contributed by atoms with Gasteiger partial charge in [0.25, 0.3) is 0 Å². The van der Waals surface area contributed by atoms with E-state index >= 15 is 0 Å². The third-order valence-corrected chi connectivity index (χ3v) is 5.34. The molecule has 0 fully saturated rings. The van der Waals surface area contributed by atoms with Gasteiger partial charge in [0.2, 0.25) is 5.91 Å². The fraction of sp³-hybridized carbons (Fsp3) is 0.250. The van der Waals surface area contributed by atoms with Gasteiger partial charge in [0, 0.05) is 23.1 Å². The van der Waals surface area contributed by atoms with Gasteiger partial charge in [-0.15, -0.1) is 0 Å². The number of hydrogen-bond acceptors (Lipinski definition) is 4. The molecular weight excluding hydrogens is 402 g/mol. The molecule has 2 aromatic carbocycles. The molecule has 1 heterocycles. The maximum atomic E-state index is 13.1. The van der Waals surface area contributed by atoms with Gasteiger partial charge in [0.15, 0.2) is 0 Å². The van der Waals surface area contributed by atoms with Crippen molar-refractivity contribution in [1.82, 2.24) is 4.90 Å². The molecule has 0 bridgehead atoms. The van der Waals surface area contributed by atoms with Gasteiger partial charge in [-0.2, -0.15) is 0 Å². The van der Waals surface area contributed by atoms with Gasteiger partial charge in [0.05, 0.1) is 19.2 Å². The van der Waals surface area contributed by atoms with E-state index in [-0.39, 0.29) is 18.9 Å². The molecule has 1 aliphatic rings. The molecule has 3 rings (SSSR count). The van der Waals surface area contributed by atoms with Gasteiger partial charge in [0.1, 0.15) is 12.4 Å². The molecule has 156 valence electrons. The second kappa shape index (κ2) is 9.63. The molecule has 30 heavy (non-hydrogen) atoms. The van der Waals surface area contributed by atoms with E-state index in [4.69, 9.17) is 21.1 Å². The number of carbonyl (C=O) groups excluding carboxylic acids is 2. The van der Waals surface area contributed by atoms with Crippen LogP contribution in [0.1, 0.15) is 30.4 Å². The Kier molecular flexibility index (Phi) is 6.95. The van der Waals surface area contributed by atoms with Crippen molar-refractivity contribution in [2.24, 2.45) is 0 Å². The lowest BCUT2D eigenvalue weighted by Crippen LogP contribution is -2.38. The summed E-state index contributed by atoms with van der Waals surface area (Å²) in [6, 6.07) is 14.7. The largest absolute Gasteiger partial charge is 0.497 e. The summed E-state index contributed by atoms with van der Waals surface area (Å²) in [5.74, 6) is -0.275. The number of nitrogens with zero attached hydrogens (tertiary/aromatic N) is 1. The third kappa shape index (κ3) is 4.74. The predicted molar refractivity (Wildman–Crippen MR) is 116 cm³/mol. The maximum absolute atomic E-state index is 13.1. The van der Waals surface area contributed by atoms with Crippen molar-refractivity contribution < 1.29 is 19.1 Å². The lowest BCUT2D eigenvalue weighted by Gasteiger charge is -2.34. The number of esters is 1. The molecule has 0 saturated carbocycles. The Morgan fingerprint density at radius 2 is 2.03 bits per heavy atom. The van der Waals surface area contributed by atoms with Crippen molar-refractivity contribution in [3.8, 4) is 5.75 Å². The lowest BCUT2D eigenvalue weighted by molar-refractivity contribution is -0.139. The Bertz CT molecular complexity index is 998. The van der Waals surface area contributed by atoms with Crippen molar-refractivity contribution in [3.05, 3.63) is 88.6 Å². The van der Waals surface area contributed by atoms with E-state index in [0.29, 0.717) is 28.6 Å². The summed E-state index contributed by atoms with van der Waals surface area (Å²) in [5.41, 5.74) is 2.75. The van der Waals surface area contributed by atoms with Crippen molar-refractivity contribution >= 4 is 23.5 Å². The van der Waals surface area contributed by atoms with Crippen LogP contribution in [0.15, 0.2) is 72.5 Å².